The standard InChI is InChI=1S/C21H29ClN2O3/c1-19(2,3)27-18(25)24(8)16-20(4,5)17(21(16,6)7)26-14-10-9-13(12-23)15(22)11-14/h9-11,16-17H,1-8H3/i8D. The second-order valence-electron chi connectivity index (χ2n) is 9.25. The molecule has 0 aromatic heterocycles. The number of nitriles is 1. The van der Waals surface area contributed by atoms with Gasteiger partial charge >= 0.3 is 6.09 Å². The lowest BCUT2D eigenvalue weighted by molar-refractivity contribution is -0.199. The van der Waals surface area contributed by atoms with Crippen LogP contribution in [0.4, 0.5) is 4.79 Å². The highest BCUT2D eigenvalue weighted by molar-refractivity contribution is 6.31. The molecule has 0 bridgehead atoms. The molecule has 0 atom stereocenters. The van der Waals surface area contributed by atoms with E-state index in [2.05, 4.69) is 0 Å². The Morgan fingerprint density at radius 3 is 2.33 bits per heavy atom. The molecule has 1 aliphatic rings. The van der Waals surface area contributed by atoms with Crippen molar-refractivity contribution in [1.29, 1.82) is 5.26 Å². The summed E-state index contributed by atoms with van der Waals surface area (Å²) in [6.45, 7) is 13.5. The molecule has 0 N–H and O–H groups in total. The average Bonchev–Trinajstić information content (AvgIpc) is 2.55. The van der Waals surface area contributed by atoms with Crippen LogP contribution in [0.15, 0.2) is 18.2 Å². The van der Waals surface area contributed by atoms with Crippen molar-refractivity contribution in [3.05, 3.63) is 28.8 Å². The number of benzene rings is 1. The first kappa shape index (κ1) is 19.8. The predicted octanol–water partition coefficient (Wildman–Crippen LogP) is 5.26. The molecule has 1 aromatic rings. The lowest BCUT2D eigenvalue weighted by Gasteiger charge is -2.65. The number of ether oxygens (including phenoxy) is 2. The van der Waals surface area contributed by atoms with Gasteiger partial charge in [0, 0.05) is 25.3 Å². The average molecular weight is 394 g/mol. The van der Waals surface area contributed by atoms with Crippen LogP contribution in [0.5, 0.6) is 5.75 Å². The molecule has 1 amide bonds. The molecule has 1 fully saturated rings. The zero-order valence-corrected chi connectivity index (χ0v) is 17.8. The minimum absolute atomic E-state index is 0.193. The fraction of sp³-hybridized carbons (Fsp3) is 0.619. The Morgan fingerprint density at radius 1 is 1.30 bits per heavy atom. The maximum absolute atomic E-state index is 12.7. The quantitative estimate of drug-likeness (QED) is 0.702. The van der Waals surface area contributed by atoms with Gasteiger partial charge < -0.3 is 14.4 Å². The van der Waals surface area contributed by atoms with Crippen LogP contribution in [0, 0.1) is 22.2 Å². The van der Waals surface area contributed by atoms with Gasteiger partial charge in [0.15, 0.2) is 0 Å². The molecule has 1 aromatic carbocycles. The van der Waals surface area contributed by atoms with E-state index in [-0.39, 0.29) is 19.2 Å². The van der Waals surface area contributed by atoms with E-state index in [0.29, 0.717) is 16.3 Å². The van der Waals surface area contributed by atoms with Gasteiger partial charge in [-0.2, -0.15) is 5.26 Å². The third kappa shape index (κ3) is 4.01. The second kappa shape index (κ2) is 6.91. The number of nitrogens with zero attached hydrogens (tertiary/aromatic N) is 2. The summed E-state index contributed by atoms with van der Waals surface area (Å²) in [6, 6.07) is 6.79. The van der Waals surface area contributed by atoms with Gasteiger partial charge in [-0.1, -0.05) is 39.3 Å². The summed E-state index contributed by atoms with van der Waals surface area (Å²) in [5.74, 6) is 0.572. The van der Waals surface area contributed by atoms with Crippen LogP contribution in [0.2, 0.25) is 5.02 Å². The van der Waals surface area contributed by atoms with Crippen LogP contribution in [0.1, 0.15) is 55.4 Å². The molecule has 5 nitrogen and oxygen atoms in total. The molecule has 0 heterocycles. The van der Waals surface area contributed by atoms with Gasteiger partial charge in [0.25, 0.3) is 0 Å². The Morgan fingerprint density at radius 2 is 1.89 bits per heavy atom. The van der Waals surface area contributed by atoms with Crippen LogP contribution in [-0.4, -0.2) is 35.8 Å². The second-order valence-corrected chi connectivity index (χ2v) is 9.65. The summed E-state index contributed by atoms with van der Waals surface area (Å²) in [5, 5.41) is 9.37. The number of rotatable bonds is 3. The first-order valence-electron chi connectivity index (χ1n) is 9.61. The van der Waals surface area contributed by atoms with Crippen molar-refractivity contribution in [1.82, 2.24) is 4.90 Å². The summed E-state index contributed by atoms with van der Waals surface area (Å²) >= 11 is 6.12. The van der Waals surface area contributed by atoms with E-state index in [9.17, 15) is 4.79 Å². The Labute approximate surface area is 168 Å². The van der Waals surface area contributed by atoms with E-state index in [1.807, 2.05) is 54.5 Å². The fourth-order valence-electron chi connectivity index (χ4n) is 4.44. The molecule has 0 radical (unpaired) electrons. The zero-order valence-electron chi connectivity index (χ0n) is 18.1. The molecule has 6 heteroatoms. The number of hydrogen-bond donors (Lipinski definition) is 0. The fourth-order valence-corrected chi connectivity index (χ4v) is 4.65. The van der Waals surface area contributed by atoms with Crippen molar-refractivity contribution < 1.29 is 15.6 Å². The molecule has 1 aliphatic carbocycles. The molecule has 0 saturated heterocycles. The van der Waals surface area contributed by atoms with Crippen molar-refractivity contribution >= 4 is 17.7 Å². The Bertz CT molecular complexity index is 780. The lowest BCUT2D eigenvalue weighted by Crippen LogP contribution is -2.74. The first-order chi connectivity index (χ1) is 12.8. The third-order valence-corrected chi connectivity index (χ3v) is 5.33. The summed E-state index contributed by atoms with van der Waals surface area (Å²) in [4.78, 5) is 14.1. The van der Waals surface area contributed by atoms with Crippen LogP contribution >= 0.6 is 11.6 Å². The van der Waals surface area contributed by atoms with Crippen molar-refractivity contribution in [2.24, 2.45) is 10.8 Å². The van der Waals surface area contributed by atoms with Gasteiger partial charge in [-0.25, -0.2) is 4.79 Å². The van der Waals surface area contributed by atoms with E-state index in [4.69, 9.17) is 27.7 Å². The molecule has 0 spiro atoms. The van der Waals surface area contributed by atoms with Crippen molar-refractivity contribution in [2.45, 2.75) is 66.2 Å². The molecule has 0 unspecified atom stereocenters. The Kier molecular flexibility index (Phi) is 5.07. The lowest BCUT2D eigenvalue weighted by atomic mass is 9.49. The zero-order chi connectivity index (χ0) is 21.5. The molecule has 27 heavy (non-hydrogen) atoms. The topological polar surface area (TPSA) is 62.6 Å². The molecular formula is C21H29ClN2O3. The highest BCUT2D eigenvalue weighted by Crippen LogP contribution is 2.57. The summed E-state index contributed by atoms with van der Waals surface area (Å²) in [5.41, 5.74) is -1.06. The molecule has 148 valence electrons. The van der Waals surface area contributed by atoms with Crippen molar-refractivity contribution in [3.63, 3.8) is 0 Å². The smallest absolute Gasteiger partial charge is 0.410 e. The van der Waals surface area contributed by atoms with Gasteiger partial charge in [0.05, 0.1) is 16.6 Å². The normalized spacial score (nSPS) is 23.4. The maximum atomic E-state index is 12.7. The van der Waals surface area contributed by atoms with Crippen molar-refractivity contribution in [3.8, 4) is 11.8 Å². The number of carbonyl (C=O) groups excluding carboxylic acids is 1. The predicted molar refractivity (Wildman–Crippen MR) is 106 cm³/mol. The van der Waals surface area contributed by atoms with E-state index in [0.717, 1.165) is 0 Å². The number of amides is 1. The number of carbonyl (C=O) groups is 1. The summed E-state index contributed by atoms with van der Waals surface area (Å²) in [6.07, 6.45) is -0.709. The van der Waals surface area contributed by atoms with E-state index in [1.54, 1.807) is 18.2 Å². The Hall–Kier alpha value is -1.93. The minimum Gasteiger partial charge on any atom is -0.489 e. The Balaban J connectivity index is 2.26. The van der Waals surface area contributed by atoms with Crippen LogP contribution < -0.4 is 4.74 Å². The third-order valence-electron chi connectivity index (χ3n) is 5.02. The highest BCUT2D eigenvalue weighted by atomic mass is 35.5. The highest BCUT2D eigenvalue weighted by Gasteiger charge is 2.66. The SMILES string of the molecule is [2H]CN(C(=O)OC(C)(C)C)C1C(C)(C)C(Oc2ccc(C#N)c(Cl)c2)C1(C)C. The number of halogens is 1. The molecular weight excluding hydrogens is 364 g/mol. The molecule has 2 rings (SSSR count). The summed E-state index contributed by atoms with van der Waals surface area (Å²) in [7, 11) is -0.193. The summed E-state index contributed by atoms with van der Waals surface area (Å²) < 4.78 is 19.7. The van der Waals surface area contributed by atoms with E-state index >= 15 is 0 Å². The van der Waals surface area contributed by atoms with Gasteiger partial charge in [-0.15, -0.1) is 0 Å². The maximum Gasteiger partial charge on any atom is 0.410 e. The van der Waals surface area contributed by atoms with E-state index < -0.39 is 22.5 Å². The van der Waals surface area contributed by atoms with Gasteiger partial charge in [-0.05, 0) is 32.9 Å². The van der Waals surface area contributed by atoms with Crippen molar-refractivity contribution in [2.75, 3.05) is 7.02 Å². The van der Waals surface area contributed by atoms with Crippen LogP contribution in [0.25, 0.3) is 0 Å². The van der Waals surface area contributed by atoms with Gasteiger partial charge in [0.2, 0.25) is 0 Å². The van der Waals surface area contributed by atoms with Crippen LogP contribution in [0.3, 0.4) is 0 Å². The minimum atomic E-state index is -0.627. The van der Waals surface area contributed by atoms with Gasteiger partial charge in [-0.3, -0.25) is 0 Å². The van der Waals surface area contributed by atoms with Crippen LogP contribution in [-0.2, 0) is 4.74 Å². The monoisotopic (exact) mass is 393 g/mol. The van der Waals surface area contributed by atoms with Gasteiger partial charge in [0.1, 0.15) is 23.5 Å². The molecule has 0 aliphatic heterocycles. The largest absolute Gasteiger partial charge is 0.489 e. The molecule has 1 saturated carbocycles. The van der Waals surface area contributed by atoms with E-state index in [1.165, 1.54) is 4.90 Å². The number of hydrogen-bond acceptors (Lipinski definition) is 4. The first-order valence-corrected chi connectivity index (χ1v) is 9.28.